The molecule has 3 heterocycles. The van der Waals surface area contributed by atoms with Crippen molar-refractivity contribution in [2.75, 3.05) is 18.4 Å². The quantitative estimate of drug-likeness (QED) is 0.121. The Morgan fingerprint density at radius 1 is 1.07 bits per heavy atom. The molecule has 1 amide bonds. The van der Waals surface area contributed by atoms with E-state index in [1.54, 1.807) is 10.6 Å². The van der Waals surface area contributed by atoms with E-state index in [2.05, 4.69) is 58.7 Å². The minimum atomic E-state index is -0.0636. The number of carbonyl (C=O) groups excluding carboxylic acids is 1. The number of nitrogens with zero attached hydrogens (tertiary/aromatic N) is 4. The minimum Gasteiger partial charge on any atom is -0.326 e. The summed E-state index contributed by atoms with van der Waals surface area (Å²) in [6, 6.07) is 13.6. The standard InChI is InChI=1S/C36H40N6O/c1-7-14-28(9-3)32-22-30-24-38-33-21-26(6)41-42(33)35(30)40-34(32)25(5)17-18-27(8-2)23-37-20-19-29(10-4)36(43)39-31-15-12-11-13-16-31/h7-9,11-18,21-22,24,29,37H,1-3,10,19-20,23H2,4-6H3,(H,39,43)/b25-17+,27-18+,28-14+. The number of nitrogens with one attached hydrogen (secondary N) is 2. The first-order valence-electron chi connectivity index (χ1n) is 14.6. The highest BCUT2D eigenvalue weighted by atomic mass is 16.1. The van der Waals surface area contributed by atoms with Gasteiger partial charge in [-0.15, -0.1) is 0 Å². The van der Waals surface area contributed by atoms with E-state index in [1.165, 1.54) is 0 Å². The van der Waals surface area contributed by atoms with Gasteiger partial charge in [0.25, 0.3) is 0 Å². The molecule has 43 heavy (non-hydrogen) atoms. The first-order chi connectivity index (χ1) is 20.9. The third kappa shape index (κ3) is 7.70. The van der Waals surface area contributed by atoms with Crippen molar-refractivity contribution < 1.29 is 4.79 Å². The van der Waals surface area contributed by atoms with Gasteiger partial charge in [0.05, 0.1) is 11.4 Å². The second-order valence-electron chi connectivity index (χ2n) is 10.4. The fourth-order valence-electron chi connectivity index (χ4n) is 4.87. The van der Waals surface area contributed by atoms with Gasteiger partial charge in [-0.05, 0) is 68.2 Å². The number of rotatable bonds is 14. The SMILES string of the molecule is C=C/C=C(\C=C)c1cc2cnc3cc(C)nn3c2nc1/C(C)=C/C=C(\C=C)CNCCC(CC)C(=O)Nc1ccccc1. The molecule has 0 bridgehead atoms. The molecule has 1 atom stereocenters. The predicted molar refractivity (Wildman–Crippen MR) is 180 cm³/mol. The summed E-state index contributed by atoms with van der Waals surface area (Å²) in [6.45, 7) is 19.3. The Bertz CT molecular complexity index is 1730. The summed E-state index contributed by atoms with van der Waals surface area (Å²) >= 11 is 0. The summed E-state index contributed by atoms with van der Waals surface area (Å²) in [5.41, 5.74) is 7.88. The van der Waals surface area contributed by atoms with Crippen molar-refractivity contribution >= 4 is 39.4 Å². The van der Waals surface area contributed by atoms with E-state index >= 15 is 0 Å². The molecule has 4 rings (SSSR count). The number of allylic oxidation sites excluding steroid dienone is 7. The van der Waals surface area contributed by atoms with Crippen LogP contribution in [-0.4, -0.2) is 38.6 Å². The molecular formula is C36H40N6O. The summed E-state index contributed by atoms with van der Waals surface area (Å²) in [7, 11) is 0. The van der Waals surface area contributed by atoms with Crippen LogP contribution in [0.25, 0.3) is 27.8 Å². The van der Waals surface area contributed by atoms with Gasteiger partial charge in [-0.3, -0.25) is 4.79 Å². The number of carbonyl (C=O) groups is 1. The lowest BCUT2D eigenvalue weighted by molar-refractivity contribution is -0.120. The summed E-state index contributed by atoms with van der Waals surface area (Å²) in [6.07, 6.45) is 14.8. The maximum absolute atomic E-state index is 12.7. The van der Waals surface area contributed by atoms with Crippen molar-refractivity contribution in [3.8, 4) is 0 Å². The second kappa shape index (κ2) is 14.8. The number of aryl methyl sites for hydroxylation is 1. The van der Waals surface area contributed by atoms with Gasteiger partial charge >= 0.3 is 0 Å². The molecule has 220 valence electrons. The molecule has 0 saturated heterocycles. The number of aromatic nitrogens is 4. The number of hydrogen-bond donors (Lipinski definition) is 2. The zero-order valence-corrected chi connectivity index (χ0v) is 25.3. The summed E-state index contributed by atoms with van der Waals surface area (Å²) in [5, 5.41) is 12.0. The molecule has 4 aromatic rings. The molecule has 0 spiro atoms. The van der Waals surface area contributed by atoms with Crippen LogP contribution in [0, 0.1) is 12.8 Å². The van der Waals surface area contributed by atoms with Crippen molar-refractivity contribution in [1.29, 1.82) is 0 Å². The number of anilines is 1. The molecule has 7 nitrogen and oxygen atoms in total. The lowest BCUT2D eigenvalue weighted by Gasteiger charge is -2.15. The number of benzene rings is 1. The van der Waals surface area contributed by atoms with E-state index in [4.69, 9.17) is 4.98 Å². The molecule has 1 aromatic carbocycles. The Morgan fingerprint density at radius 2 is 1.86 bits per heavy atom. The third-order valence-corrected chi connectivity index (χ3v) is 7.30. The summed E-state index contributed by atoms with van der Waals surface area (Å²) < 4.78 is 1.79. The number of amides is 1. The molecule has 3 aromatic heterocycles. The van der Waals surface area contributed by atoms with Crippen molar-refractivity contribution in [3.63, 3.8) is 0 Å². The van der Waals surface area contributed by atoms with E-state index in [0.717, 1.165) is 68.9 Å². The van der Waals surface area contributed by atoms with Crippen LogP contribution in [0.15, 0.2) is 110 Å². The van der Waals surface area contributed by atoms with Gasteiger partial charge < -0.3 is 10.6 Å². The zero-order valence-electron chi connectivity index (χ0n) is 25.3. The van der Waals surface area contributed by atoms with Crippen LogP contribution in [0.4, 0.5) is 5.69 Å². The van der Waals surface area contributed by atoms with Gasteiger partial charge in [0.2, 0.25) is 5.91 Å². The highest BCUT2D eigenvalue weighted by Gasteiger charge is 2.17. The first-order valence-corrected chi connectivity index (χ1v) is 14.6. The molecule has 0 aliphatic rings. The van der Waals surface area contributed by atoms with Crippen molar-refractivity contribution in [3.05, 3.63) is 127 Å². The fourth-order valence-corrected chi connectivity index (χ4v) is 4.87. The lowest BCUT2D eigenvalue weighted by Crippen LogP contribution is -2.27. The highest BCUT2D eigenvalue weighted by Crippen LogP contribution is 2.29. The van der Waals surface area contributed by atoms with E-state index < -0.39 is 0 Å². The van der Waals surface area contributed by atoms with Crippen molar-refractivity contribution in [1.82, 2.24) is 24.9 Å². The van der Waals surface area contributed by atoms with E-state index in [-0.39, 0.29) is 11.8 Å². The maximum atomic E-state index is 12.7. The normalized spacial score (nSPS) is 13.2. The molecule has 0 saturated carbocycles. The Hall–Kier alpha value is -4.88. The maximum Gasteiger partial charge on any atom is 0.227 e. The van der Waals surface area contributed by atoms with Crippen LogP contribution < -0.4 is 10.6 Å². The van der Waals surface area contributed by atoms with Crippen LogP contribution in [0.5, 0.6) is 0 Å². The molecule has 0 fully saturated rings. The average Bonchev–Trinajstić information content (AvgIpc) is 3.41. The first kappa shape index (κ1) is 31.1. The van der Waals surface area contributed by atoms with Crippen LogP contribution >= 0.6 is 0 Å². The lowest BCUT2D eigenvalue weighted by atomic mass is 9.98. The molecule has 2 N–H and O–H groups in total. The van der Waals surface area contributed by atoms with Crippen LogP contribution in [-0.2, 0) is 4.79 Å². The van der Waals surface area contributed by atoms with Gasteiger partial charge in [-0.2, -0.15) is 9.61 Å². The molecule has 1 unspecified atom stereocenters. The van der Waals surface area contributed by atoms with Gasteiger partial charge in [-0.1, -0.05) is 81.3 Å². The summed E-state index contributed by atoms with van der Waals surface area (Å²) in [4.78, 5) is 22.4. The van der Waals surface area contributed by atoms with E-state index in [9.17, 15) is 4.79 Å². The molecule has 0 aliphatic heterocycles. The van der Waals surface area contributed by atoms with Gasteiger partial charge in [-0.25, -0.2) is 9.97 Å². The Kier molecular flexibility index (Phi) is 10.7. The zero-order chi connectivity index (χ0) is 30.8. The third-order valence-electron chi connectivity index (χ3n) is 7.30. The minimum absolute atomic E-state index is 0.0509. The van der Waals surface area contributed by atoms with Crippen molar-refractivity contribution in [2.24, 2.45) is 5.92 Å². The van der Waals surface area contributed by atoms with Crippen LogP contribution in [0.2, 0.25) is 0 Å². The predicted octanol–water partition coefficient (Wildman–Crippen LogP) is 7.50. The largest absolute Gasteiger partial charge is 0.326 e. The van der Waals surface area contributed by atoms with Gasteiger partial charge in [0.1, 0.15) is 0 Å². The number of fused-ring (bicyclic) bond motifs is 3. The van der Waals surface area contributed by atoms with E-state index in [0.29, 0.717) is 13.1 Å². The smallest absolute Gasteiger partial charge is 0.227 e. The van der Waals surface area contributed by atoms with Crippen molar-refractivity contribution in [2.45, 2.75) is 33.6 Å². The number of hydrogen-bond acceptors (Lipinski definition) is 5. The van der Waals surface area contributed by atoms with E-state index in [1.807, 2.05) is 81.6 Å². The van der Waals surface area contributed by atoms with Gasteiger partial charge in [0.15, 0.2) is 11.3 Å². The molecular weight excluding hydrogens is 532 g/mol. The Morgan fingerprint density at radius 3 is 2.56 bits per heavy atom. The van der Waals surface area contributed by atoms with Crippen LogP contribution in [0.1, 0.15) is 43.6 Å². The Labute approximate surface area is 254 Å². The average molecular weight is 573 g/mol. The van der Waals surface area contributed by atoms with Crippen LogP contribution in [0.3, 0.4) is 0 Å². The summed E-state index contributed by atoms with van der Waals surface area (Å²) in [5.74, 6) is -0.0127. The molecule has 0 aliphatic carbocycles. The number of pyridine rings is 1. The molecule has 0 radical (unpaired) electrons. The topological polar surface area (TPSA) is 84.2 Å². The monoisotopic (exact) mass is 572 g/mol. The Balaban J connectivity index is 1.52. The highest BCUT2D eigenvalue weighted by molar-refractivity contribution is 5.92. The fraction of sp³-hybridized carbons (Fsp3) is 0.222. The molecule has 7 heteroatoms. The van der Waals surface area contributed by atoms with Gasteiger partial charge in [0, 0.05) is 41.4 Å². The second-order valence-corrected chi connectivity index (χ2v) is 10.4. The number of para-hydroxylation sites is 1.